The maximum Gasteiger partial charge on any atom is 0.270 e. The van der Waals surface area contributed by atoms with Crippen molar-refractivity contribution >= 4 is 17.5 Å². The van der Waals surface area contributed by atoms with Crippen LogP contribution in [-0.4, -0.2) is 27.7 Å². The lowest BCUT2D eigenvalue weighted by atomic mass is 9.73. The Balaban J connectivity index is 1.59. The van der Waals surface area contributed by atoms with Crippen molar-refractivity contribution in [3.8, 4) is 28.0 Å². The number of fused-ring (bicyclic) bond motifs is 2. The third-order valence-corrected chi connectivity index (χ3v) is 7.47. The van der Waals surface area contributed by atoms with E-state index in [1.807, 2.05) is 36.4 Å². The van der Waals surface area contributed by atoms with Gasteiger partial charge in [-0.1, -0.05) is 12.1 Å². The van der Waals surface area contributed by atoms with Crippen molar-refractivity contribution in [1.29, 1.82) is 0 Å². The zero-order chi connectivity index (χ0) is 25.1. The molecule has 2 aliphatic rings. The van der Waals surface area contributed by atoms with Gasteiger partial charge in [-0.2, -0.15) is 0 Å². The second-order valence-corrected chi connectivity index (χ2v) is 9.65. The standard InChI is InChI=1S/C29H24N4O3/c1-28(2)26-23(19-9-14-30-15-10-19)5-6-24(20-11-16-31-17-12-20)27(26)32(3)29(28)13-8-21-18-22(33(34)35)4-7-25(21)36-29/h4-18H,1-3H3/t29-/m0/s1. The van der Waals surface area contributed by atoms with Gasteiger partial charge >= 0.3 is 0 Å². The quantitative estimate of drug-likeness (QED) is 0.257. The Kier molecular flexibility index (Phi) is 4.73. The number of benzene rings is 2. The van der Waals surface area contributed by atoms with Crippen LogP contribution in [0.5, 0.6) is 5.75 Å². The van der Waals surface area contributed by atoms with E-state index in [-0.39, 0.29) is 10.6 Å². The van der Waals surface area contributed by atoms with Crippen molar-refractivity contribution in [2.24, 2.45) is 0 Å². The van der Waals surface area contributed by atoms with Crippen molar-refractivity contribution in [1.82, 2.24) is 9.97 Å². The lowest BCUT2D eigenvalue weighted by Crippen LogP contribution is -2.58. The minimum absolute atomic E-state index is 0.0419. The maximum absolute atomic E-state index is 11.3. The summed E-state index contributed by atoms with van der Waals surface area (Å²) in [6, 6.07) is 17.1. The van der Waals surface area contributed by atoms with Crippen LogP contribution in [-0.2, 0) is 5.41 Å². The van der Waals surface area contributed by atoms with Gasteiger partial charge in [-0.15, -0.1) is 0 Å². The Morgan fingerprint density at radius 2 is 1.50 bits per heavy atom. The predicted molar refractivity (Wildman–Crippen MR) is 140 cm³/mol. The number of rotatable bonds is 3. The van der Waals surface area contributed by atoms with E-state index < -0.39 is 11.1 Å². The van der Waals surface area contributed by atoms with Gasteiger partial charge in [0.05, 0.1) is 16.0 Å². The Morgan fingerprint density at radius 1 is 0.889 bits per heavy atom. The lowest BCUT2D eigenvalue weighted by molar-refractivity contribution is -0.384. The molecule has 4 aromatic rings. The first-order chi connectivity index (χ1) is 17.3. The molecule has 178 valence electrons. The molecule has 0 radical (unpaired) electrons. The highest BCUT2D eigenvalue weighted by Crippen LogP contribution is 2.59. The molecule has 0 saturated carbocycles. The Morgan fingerprint density at radius 3 is 2.14 bits per heavy atom. The molecular weight excluding hydrogens is 452 g/mol. The third kappa shape index (κ3) is 2.99. The smallest absolute Gasteiger partial charge is 0.270 e. The minimum atomic E-state index is -0.844. The van der Waals surface area contributed by atoms with E-state index >= 15 is 0 Å². The number of aromatic nitrogens is 2. The molecule has 1 atom stereocenters. The maximum atomic E-state index is 11.3. The molecular formula is C29H24N4O3. The number of hydrogen-bond donors (Lipinski definition) is 0. The normalized spacial score (nSPS) is 19.0. The molecule has 2 aromatic carbocycles. The molecule has 2 aliphatic heterocycles. The molecule has 0 unspecified atom stereocenters. The molecule has 0 aliphatic carbocycles. The van der Waals surface area contributed by atoms with Gasteiger partial charge in [0.2, 0.25) is 5.72 Å². The van der Waals surface area contributed by atoms with Gasteiger partial charge in [-0.25, -0.2) is 0 Å². The number of likely N-dealkylation sites (N-methyl/N-ethyl adjacent to an activating group) is 1. The van der Waals surface area contributed by atoms with Crippen molar-refractivity contribution in [3.63, 3.8) is 0 Å². The van der Waals surface area contributed by atoms with Crippen molar-refractivity contribution in [3.05, 3.63) is 107 Å². The number of nitro groups is 1. The van der Waals surface area contributed by atoms with Crippen molar-refractivity contribution < 1.29 is 9.66 Å². The van der Waals surface area contributed by atoms with Crippen LogP contribution in [0.3, 0.4) is 0 Å². The minimum Gasteiger partial charge on any atom is -0.463 e. The van der Waals surface area contributed by atoms with Crippen LogP contribution in [0.15, 0.2) is 85.5 Å². The summed E-state index contributed by atoms with van der Waals surface area (Å²) in [5.74, 6) is 0.617. The summed E-state index contributed by atoms with van der Waals surface area (Å²) in [4.78, 5) is 21.5. The topological polar surface area (TPSA) is 81.4 Å². The lowest BCUT2D eigenvalue weighted by Gasteiger charge is -2.46. The van der Waals surface area contributed by atoms with Crippen molar-refractivity contribution in [2.75, 3.05) is 11.9 Å². The summed E-state index contributed by atoms with van der Waals surface area (Å²) in [5.41, 5.74) is 6.00. The summed E-state index contributed by atoms with van der Waals surface area (Å²) >= 11 is 0. The number of ether oxygens (including phenoxy) is 1. The second kappa shape index (κ2) is 7.75. The van der Waals surface area contributed by atoms with Crippen LogP contribution in [0.1, 0.15) is 25.0 Å². The highest BCUT2D eigenvalue weighted by atomic mass is 16.6. The van der Waals surface area contributed by atoms with E-state index in [1.165, 1.54) is 11.6 Å². The van der Waals surface area contributed by atoms with Gasteiger partial charge in [0.25, 0.3) is 5.69 Å². The summed E-state index contributed by atoms with van der Waals surface area (Å²) in [7, 11) is 2.05. The first-order valence-corrected chi connectivity index (χ1v) is 11.7. The van der Waals surface area contributed by atoms with E-state index in [4.69, 9.17) is 4.74 Å². The van der Waals surface area contributed by atoms with Crippen LogP contribution in [0.25, 0.3) is 28.3 Å². The molecule has 36 heavy (non-hydrogen) atoms. The molecule has 7 heteroatoms. The van der Waals surface area contributed by atoms with Gasteiger partial charge in [0, 0.05) is 55.1 Å². The summed E-state index contributed by atoms with van der Waals surface area (Å²) in [6.07, 6.45) is 11.2. The van der Waals surface area contributed by atoms with Gasteiger partial charge < -0.3 is 9.64 Å². The fourth-order valence-electron chi connectivity index (χ4n) is 5.67. The number of hydrogen-bond acceptors (Lipinski definition) is 6. The van der Waals surface area contributed by atoms with E-state index in [0.29, 0.717) is 11.3 Å². The zero-order valence-electron chi connectivity index (χ0n) is 20.2. The second-order valence-electron chi connectivity index (χ2n) is 9.65. The van der Waals surface area contributed by atoms with E-state index in [1.54, 1.807) is 36.9 Å². The van der Waals surface area contributed by atoms with Crippen LogP contribution >= 0.6 is 0 Å². The molecule has 0 N–H and O–H groups in total. The van der Waals surface area contributed by atoms with Gasteiger partial charge in [0.1, 0.15) is 5.75 Å². The van der Waals surface area contributed by atoms with E-state index in [2.05, 4.69) is 47.9 Å². The van der Waals surface area contributed by atoms with Crippen LogP contribution < -0.4 is 9.64 Å². The van der Waals surface area contributed by atoms with Crippen LogP contribution in [0.4, 0.5) is 11.4 Å². The molecule has 0 fully saturated rings. The fourth-order valence-corrected chi connectivity index (χ4v) is 5.67. The number of non-ortho nitro benzene ring substituents is 1. The Bertz CT molecular complexity index is 1530. The predicted octanol–water partition coefficient (Wildman–Crippen LogP) is 6.25. The Labute approximate surface area is 208 Å². The fraction of sp³-hybridized carbons (Fsp3) is 0.172. The number of pyridine rings is 2. The molecule has 6 rings (SSSR count). The molecule has 0 amide bonds. The molecule has 2 aromatic heterocycles. The SMILES string of the molecule is CN1c2c(-c3ccncc3)ccc(-c3ccncc3)c2C(C)(C)[C@@]12C=Cc1cc([N+](=O)[O-])ccc1O2. The number of nitro benzene ring substituents is 1. The zero-order valence-corrected chi connectivity index (χ0v) is 20.2. The summed E-state index contributed by atoms with van der Waals surface area (Å²) in [6.45, 7) is 4.38. The highest BCUT2D eigenvalue weighted by Gasteiger charge is 2.59. The van der Waals surface area contributed by atoms with Crippen LogP contribution in [0, 0.1) is 10.1 Å². The van der Waals surface area contributed by atoms with Gasteiger partial charge in [-0.3, -0.25) is 20.1 Å². The van der Waals surface area contributed by atoms with Gasteiger partial charge in [-0.05, 0) is 78.6 Å². The summed E-state index contributed by atoms with van der Waals surface area (Å²) < 4.78 is 6.80. The van der Waals surface area contributed by atoms with Gasteiger partial charge in [0.15, 0.2) is 0 Å². The highest BCUT2D eigenvalue weighted by molar-refractivity contribution is 5.92. The molecule has 0 saturated heterocycles. The largest absolute Gasteiger partial charge is 0.463 e. The average Bonchev–Trinajstić information content (AvgIpc) is 3.07. The molecule has 1 spiro atoms. The Hall–Kier alpha value is -4.52. The molecule has 4 heterocycles. The van der Waals surface area contributed by atoms with Crippen LogP contribution in [0.2, 0.25) is 0 Å². The van der Waals surface area contributed by atoms with E-state index in [9.17, 15) is 10.1 Å². The monoisotopic (exact) mass is 476 g/mol. The van der Waals surface area contributed by atoms with Crippen molar-refractivity contribution in [2.45, 2.75) is 25.0 Å². The molecule has 7 nitrogen and oxygen atoms in total. The molecule has 0 bridgehead atoms. The van der Waals surface area contributed by atoms with E-state index in [0.717, 1.165) is 27.9 Å². The first-order valence-electron chi connectivity index (χ1n) is 11.7. The number of nitrogens with zero attached hydrogens (tertiary/aromatic N) is 4. The number of anilines is 1. The first kappa shape index (κ1) is 22.0. The average molecular weight is 477 g/mol. The third-order valence-electron chi connectivity index (χ3n) is 7.47. The summed E-state index contributed by atoms with van der Waals surface area (Å²) in [5, 5.41) is 11.3.